The normalized spacial score (nSPS) is 10.5. The molecule has 110 valence electrons. The van der Waals surface area contributed by atoms with Gasteiger partial charge in [0.05, 0.1) is 18.3 Å². The standard InChI is InChI=1S/C17H20N2O2/c1-12(2)21-16-8-7-14(10-13(16)3)17(20)19-11-15-6-4-5-9-18-15/h4-10,12H,11H2,1-3H3,(H,19,20). The predicted molar refractivity (Wildman–Crippen MR) is 82.4 cm³/mol. The summed E-state index contributed by atoms with van der Waals surface area (Å²) in [6, 6.07) is 11.1. The highest BCUT2D eigenvalue weighted by molar-refractivity contribution is 5.94. The molecule has 0 spiro atoms. The van der Waals surface area contributed by atoms with Gasteiger partial charge in [-0.1, -0.05) is 6.07 Å². The number of rotatable bonds is 5. The van der Waals surface area contributed by atoms with Crippen LogP contribution >= 0.6 is 0 Å². The number of nitrogens with zero attached hydrogens (tertiary/aromatic N) is 1. The van der Waals surface area contributed by atoms with Gasteiger partial charge in [0.15, 0.2) is 0 Å². The summed E-state index contributed by atoms with van der Waals surface area (Å²) in [5.41, 5.74) is 2.41. The van der Waals surface area contributed by atoms with Crippen LogP contribution in [0.4, 0.5) is 0 Å². The second-order valence-electron chi connectivity index (χ2n) is 5.15. The molecule has 1 heterocycles. The molecule has 0 saturated carbocycles. The summed E-state index contributed by atoms with van der Waals surface area (Å²) in [6.45, 7) is 6.32. The Morgan fingerprint density at radius 2 is 2.10 bits per heavy atom. The Hall–Kier alpha value is -2.36. The number of nitrogens with one attached hydrogen (secondary N) is 1. The quantitative estimate of drug-likeness (QED) is 0.918. The Bertz CT molecular complexity index is 609. The van der Waals surface area contributed by atoms with Crippen molar-refractivity contribution in [1.29, 1.82) is 0 Å². The Balaban J connectivity index is 2.01. The van der Waals surface area contributed by atoms with Gasteiger partial charge in [0.2, 0.25) is 0 Å². The lowest BCUT2D eigenvalue weighted by Gasteiger charge is -2.13. The third kappa shape index (κ3) is 4.31. The molecule has 0 radical (unpaired) electrons. The molecule has 1 N–H and O–H groups in total. The van der Waals surface area contributed by atoms with Gasteiger partial charge in [0.1, 0.15) is 5.75 Å². The van der Waals surface area contributed by atoms with Crippen LogP contribution in [0.5, 0.6) is 5.75 Å². The second kappa shape index (κ2) is 6.88. The van der Waals surface area contributed by atoms with Crippen molar-refractivity contribution in [2.24, 2.45) is 0 Å². The molecule has 21 heavy (non-hydrogen) atoms. The number of amides is 1. The van der Waals surface area contributed by atoms with Crippen LogP contribution in [0, 0.1) is 6.92 Å². The molecule has 2 aromatic rings. The SMILES string of the molecule is Cc1cc(C(=O)NCc2ccccn2)ccc1OC(C)C. The van der Waals surface area contributed by atoms with Crippen molar-refractivity contribution < 1.29 is 9.53 Å². The topological polar surface area (TPSA) is 51.2 Å². The molecule has 2 rings (SSSR count). The van der Waals surface area contributed by atoms with Gasteiger partial charge in [-0.2, -0.15) is 0 Å². The van der Waals surface area contributed by atoms with Gasteiger partial charge in [-0.15, -0.1) is 0 Å². The molecule has 0 saturated heterocycles. The molecule has 1 aromatic heterocycles. The summed E-state index contributed by atoms with van der Waals surface area (Å²) in [7, 11) is 0. The zero-order valence-electron chi connectivity index (χ0n) is 12.6. The lowest BCUT2D eigenvalue weighted by molar-refractivity contribution is 0.0950. The molecule has 0 atom stereocenters. The van der Waals surface area contributed by atoms with Gasteiger partial charge in [-0.05, 0) is 56.7 Å². The van der Waals surface area contributed by atoms with Crippen molar-refractivity contribution in [1.82, 2.24) is 10.3 Å². The summed E-state index contributed by atoms with van der Waals surface area (Å²) in [4.78, 5) is 16.3. The van der Waals surface area contributed by atoms with Crippen molar-refractivity contribution in [3.05, 3.63) is 59.4 Å². The van der Waals surface area contributed by atoms with Gasteiger partial charge in [-0.25, -0.2) is 0 Å². The van der Waals surface area contributed by atoms with Crippen LogP contribution in [0.25, 0.3) is 0 Å². The minimum Gasteiger partial charge on any atom is -0.491 e. The van der Waals surface area contributed by atoms with Crippen molar-refractivity contribution >= 4 is 5.91 Å². The van der Waals surface area contributed by atoms with E-state index < -0.39 is 0 Å². The second-order valence-corrected chi connectivity index (χ2v) is 5.15. The highest BCUT2D eigenvalue weighted by Crippen LogP contribution is 2.20. The van der Waals surface area contributed by atoms with Gasteiger partial charge in [0.25, 0.3) is 5.91 Å². The molecule has 4 nitrogen and oxygen atoms in total. The van der Waals surface area contributed by atoms with Crippen molar-refractivity contribution in [3.63, 3.8) is 0 Å². The van der Waals surface area contributed by atoms with E-state index in [0.29, 0.717) is 12.1 Å². The van der Waals surface area contributed by atoms with Crippen LogP contribution in [0.2, 0.25) is 0 Å². The molecule has 0 unspecified atom stereocenters. The first-order valence-electron chi connectivity index (χ1n) is 7.01. The third-order valence-corrected chi connectivity index (χ3v) is 2.96. The molecule has 0 fully saturated rings. The average molecular weight is 284 g/mol. The van der Waals surface area contributed by atoms with Crippen molar-refractivity contribution in [3.8, 4) is 5.75 Å². The highest BCUT2D eigenvalue weighted by Gasteiger charge is 2.09. The van der Waals surface area contributed by atoms with E-state index in [1.807, 2.05) is 51.1 Å². The Morgan fingerprint density at radius 3 is 2.71 bits per heavy atom. The largest absolute Gasteiger partial charge is 0.491 e. The fourth-order valence-electron chi connectivity index (χ4n) is 1.95. The lowest BCUT2D eigenvalue weighted by atomic mass is 10.1. The van der Waals surface area contributed by atoms with E-state index in [1.54, 1.807) is 12.3 Å². The Morgan fingerprint density at radius 1 is 1.29 bits per heavy atom. The van der Waals surface area contributed by atoms with Gasteiger partial charge >= 0.3 is 0 Å². The van der Waals surface area contributed by atoms with Crippen LogP contribution in [0.15, 0.2) is 42.6 Å². The first kappa shape index (κ1) is 15.0. The van der Waals surface area contributed by atoms with E-state index in [1.165, 1.54) is 0 Å². The number of hydrogen-bond donors (Lipinski definition) is 1. The highest BCUT2D eigenvalue weighted by atomic mass is 16.5. The molecular formula is C17H20N2O2. The third-order valence-electron chi connectivity index (χ3n) is 2.96. The van der Waals surface area contributed by atoms with Crippen LogP contribution in [0.3, 0.4) is 0 Å². The molecular weight excluding hydrogens is 264 g/mol. The van der Waals surface area contributed by atoms with E-state index in [9.17, 15) is 4.79 Å². The number of ether oxygens (including phenoxy) is 1. The van der Waals surface area contributed by atoms with Crippen molar-refractivity contribution in [2.45, 2.75) is 33.4 Å². The zero-order valence-corrected chi connectivity index (χ0v) is 12.6. The molecule has 1 amide bonds. The van der Waals surface area contributed by atoms with E-state index >= 15 is 0 Å². The molecule has 0 aliphatic rings. The number of aryl methyl sites for hydroxylation is 1. The van der Waals surface area contributed by atoms with Crippen molar-refractivity contribution in [2.75, 3.05) is 0 Å². The maximum Gasteiger partial charge on any atom is 0.251 e. The summed E-state index contributed by atoms with van der Waals surface area (Å²) >= 11 is 0. The number of carbonyl (C=O) groups excluding carboxylic acids is 1. The first-order chi connectivity index (χ1) is 10.1. The van der Waals surface area contributed by atoms with Gasteiger partial charge in [-0.3, -0.25) is 9.78 Å². The fraction of sp³-hybridized carbons (Fsp3) is 0.294. The number of benzene rings is 1. The van der Waals surface area contributed by atoms with Crippen LogP contribution < -0.4 is 10.1 Å². The molecule has 0 bridgehead atoms. The molecule has 4 heteroatoms. The predicted octanol–water partition coefficient (Wildman–Crippen LogP) is 3.11. The van der Waals surface area contributed by atoms with E-state index in [-0.39, 0.29) is 12.0 Å². The fourth-order valence-corrected chi connectivity index (χ4v) is 1.95. The van der Waals surface area contributed by atoms with Gasteiger partial charge < -0.3 is 10.1 Å². The minimum absolute atomic E-state index is 0.111. The molecule has 1 aromatic carbocycles. The molecule has 0 aliphatic heterocycles. The minimum atomic E-state index is -0.111. The van der Waals surface area contributed by atoms with Crippen LogP contribution in [0.1, 0.15) is 35.5 Å². The van der Waals surface area contributed by atoms with E-state index in [2.05, 4.69) is 10.3 Å². The maximum absolute atomic E-state index is 12.1. The van der Waals surface area contributed by atoms with E-state index in [0.717, 1.165) is 17.0 Å². The van der Waals surface area contributed by atoms with Crippen LogP contribution in [-0.4, -0.2) is 17.0 Å². The summed E-state index contributed by atoms with van der Waals surface area (Å²) in [6.07, 6.45) is 1.83. The summed E-state index contributed by atoms with van der Waals surface area (Å²) in [5.74, 6) is 0.700. The lowest BCUT2D eigenvalue weighted by Crippen LogP contribution is -2.23. The van der Waals surface area contributed by atoms with E-state index in [4.69, 9.17) is 4.74 Å². The maximum atomic E-state index is 12.1. The summed E-state index contributed by atoms with van der Waals surface area (Å²) in [5, 5.41) is 2.86. The number of aromatic nitrogens is 1. The Labute approximate surface area is 125 Å². The number of carbonyl (C=O) groups is 1. The average Bonchev–Trinajstić information content (AvgIpc) is 2.47. The van der Waals surface area contributed by atoms with Crippen LogP contribution in [-0.2, 0) is 6.54 Å². The smallest absolute Gasteiger partial charge is 0.251 e. The number of hydrogen-bond acceptors (Lipinski definition) is 3. The zero-order chi connectivity index (χ0) is 15.2. The van der Waals surface area contributed by atoms with Gasteiger partial charge in [0, 0.05) is 11.8 Å². The molecule has 0 aliphatic carbocycles. The Kier molecular flexibility index (Phi) is 4.93. The monoisotopic (exact) mass is 284 g/mol. The number of pyridine rings is 1. The first-order valence-corrected chi connectivity index (χ1v) is 7.01. The summed E-state index contributed by atoms with van der Waals surface area (Å²) < 4.78 is 5.67.